The zero-order chi connectivity index (χ0) is 11.4. The fourth-order valence-electron chi connectivity index (χ4n) is 0.944. The maximum Gasteiger partial charge on any atom is 0.356 e. The van der Waals surface area contributed by atoms with E-state index in [4.69, 9.17) is 5.26 Å². The summed E-state index contributed by atoms with van der Waals surface area (Å²) in [5.41, 5.74) is -0.970. The minimum absolute atomic E-state index is 0.242. The Hall–Kier alpha value is -2.03. The van der Waals surface area contributed by atoms with E-state index in [0.29, 0.717) is 0 Å². The molecule has 0 amide bonds. The number of pyridine rings is 1. The molecule has 15 heavy (non-hydrogen) atoms. The molecule has 0 bridgehead atoms. The first-order chi connectivity index (χ1) is 7.08. The quantitative estimate of drug-likeness (QED) is 0.699. The lowest BCUT2D eigenvalue weighted by atomic mass is 10.2. The van der Waals surface area contributed by atoms with Gasteiger partial charge in [0, 0.05) is 5.56 Å². The number of carbonyl (C=O) groups excluding carboxylic acids is 1. The first kappa shape index (κ1) is 11.0. The summed E-state index contributed by atoms with van der Waals surface area (Å²) in [6.07, 6.45) is -2.76. The highest BCUT2D eigenvalue weighted by Crippen LogP contribution is 2.20. The van der Waals surface area contributed by atoms with E-state index in [1.807, 2.05) is 0 Å². The van der Waals surface area contributed by atoms with Gasteiger partial charge in [0.25, 0.3) is 6.43 Å². The number of methoxy groups -OCH3 is 1. The molecule has 0 aliphatic heterocycles. The lowest BCUT2D eigenvalue weighted by Gasteiger charge is -2.03. The molecule has 0 aliphatic rings. The SMILES string of the molecule is COC(=O)c1cc(C(F)F)cc(C#N)n1. The second-order valence-corrected chi connectivity index (χ2v) is 2.58. The number of nitriles is 1. The van der Waals surface area contributed by atoms with E-state index < -0.39 is 18.0 Å². The van der Waals surface area contributed by atoms with Crippen LogP contribution in [0, 0.1) is 11.3 Å². The van der Waals surface area contributed by atoms with Gasteiger partial charge in [0.05, 0.1) is 7.11 Å². The molecule has 6 heteroatoms. The molecule has 0 aromatic carbocycles. The van der Waals surface area contributed by atoms with Gasteiger partial charge >= 0.3 is 5.97 Å². The van der Waals surface area contributed by atoms with Gasteiger partial charge in [-0.25, -0.2) is 18.6 Å². The number of carbonyl (C=O) groups is 1. The number of halogens is 2. The average Bonchev–Trinajstić information content (AvgIpc) is 2.27. The number of ether oxygens (including phenoxy) is 1. The number of nitrogens with zero attached hydrogens (tertiary/aromatic N) is 2. The first-order valence-electron chi connectivity index (χ1n) is 3.87. The van der Waals surface area contributed by atoms with Gasteiger partial charge in [-0.1, -0.05) is 0 Å². The zero-order valence-corrected chi connectivity index (χ0v) is 7.70. The van der Waals surface area contributed by atoms with Gasteiger partial charge in [-0.15, -0.1) is 0 Å². The maximum atomic E-state index is 12.3. The fourth-order valence-corrected chi connectivity index (χ4v) is 0.944. The van der Waals surface area contributed by atoms with E-state index in [0.717, 1.165) is 19.2 Å². The lowest BCUT2D eigenvalue weighted by Crippen LogP contribution is -2.06. The summed E-state index contributed by atoms with van der Waals surface area (Å²) < 4.78 is 29.0. The van der Waals surface area contributed by atoms with Crippen LogP contribution in [0.4, 0.5) is 8.78 Å². The van der Waals surface area contributed by atoms with Crippen molar-refractivity contribution in [1.29, 1.82) is 5.26 Å². The molecule has 0 saturated heterocycles. The van der Waals surface area contributed by atoms with Crippen molar-refractivity contribution in [3.05, 3.63) is 29.1 Å². The Labute approximate surface area is 84.1 Å². The topological polar surface area (TPSA) is 63.0 Å². The predicted molar refractivity (Wildman–Crippen MR) is 45.2 cm³/mol. The van der Waals surface area contributed by atoms with Crippen molar-refractivity contribution in [2.24, 2.45) is 0 Å². The number of rotatable bonds is 2. The summed E-state index contributed by atoms with van der Waals surface area (Å²) >= 11 is 0. The monoisotopic (exact) mass is 212 g/mol. The zero-order valence-electron chi connectivity index (χ0n) is 7.70. The summed E-state index contributed by atoms with van der Waals surface area (Å²) in [5, 5.41) is 8.51. The van der Waals surface area contributed by atoms with Gasteiger partial charge in [0.15, 0.2) is 0 Å². The molecule has 0 unspecified atom stereocenters. The molecule has 0 fully saturated rings. The van der Waals surface area contributed by atoms with Gasteiger partial charge in [0.1, 0.15) is 17.5 Å². The van der Waals surface area contributed by atoms with E-state index in [2.05, 4.69) is 9.72 Å². The van der Waals surface area contributed by atoms with E-state index >= 15 is 0 Å². The van der Waals surface area contributed by atoms with Gasteiger partial charge < -0.3 is 4.74 Å². The van der Waals surface area contributed by atoms with E-state index in [-0.39, 0.29) is 11.4 Å². The van der Waals surface area contributed by atoms with Crippen molar-refractivity contribution in [1.82, 2.24) is 4.98 Å². The highest BCUT2D eigenvalue weighted by molar-refractivity contribution is 5.87. The molecule has 78 valence electrons. The largest absolute Gasteiger partial charge is 0.464 e. The second-order valence-electron chi connectivity index (χ2n) is 2.58. The minimum Gasteiger partial charge on any atom is -0.464 e. The first-order valence-corrected chi connectivity index (χ1v) is 3.87. The number of aromatic nitrogens is 1. The Morgan fingerprint density at radius 3 is 2.73 bits per heavy atom. The van der Waals surface area contributed by atoms with E-state index in [1.165, 1.54) is 0 Å². The normalized spacial score (nSPS) is 9.80. The van der Waals surface area contributed by atoms with Crippen LogP contribution in [0.15, 0.2) is 12.1 Å². The molecular formula is C9H6F2N2O2. The highest BCUT2D eigenvalue weighted by Gasteiger charge is 2.15. The van der Waals surface area contributed by atoms with Crippen molar-refractivity contribution in [2.75, 3.05) is 7.11 Å². The van der Waals surface area contributed by atoms with Crippen LogP contribution in [0.25, 0.3) is 0 Å². The van der Waals surface area contributed by atoms with Gasteiger partial charge in [-0.2, -0.15) is 5.26 Å². The lowest BCUT2D eigenvalue weighted by molar-refractivity contribution is 0.0593. The van der Waals surface area contributed by atoms with Gasteiger partial charge in [-0.05, 0) is 12.1 Å². The third-order valence-electron chi connectivity index (χ3n) is 1.61. The molecule has 0 saturated carbocycles. The standard InChI is InChI=1S/C9H6F2N2O2/c1-15-9(14)7-3-5(8(10)11)2-6(4-12)13-7/h2-3,8H,1H3. The summed E-state index contributed by atoms with van der Waals surface area (Å²) in [4.78, 5) is 14.6. The molecule has 0 spiro atoms. The Balaban J connectivity index is 3.24. The van der Waals surface area contributed by atoms with Crippen LogP contribution in [0.5, 0.6) is 0 Å². The molecule has 0 radical (unpaired) electrons. The van der Waals surface area contributed by atoms with Crippen LogP contribution >= 0.6 is 0 Å². The molecule has 4 nitrogen and oxygen atoms in total. The maximum absolute atomic E-state index is 12.3. The second kappa shape index (κ2) is 4.46. The molecule has 1 aromatic heterocycles. The van der Waals surface area contributed by atoms with Crippen molar-refractivity contribution < 1.29 is 18.3 Å². The van der Waals surface area contributed by atoms with Crippen molar-refractivity contribution in [2.45, 2.75) is 6.43 Å². The smallest absolute Gasteiger partial charge is 0.356 e. The minimum atomic E-state index is -2.76. The molecule has 1 heterocycles. The van der Waals surface area contributed by atoms with Crippen LogP contribution in [-0.2, 0) is 4.74 Å². The molecular weight excluding hydrogens is 206 g/mol. The number of hydrogen-bond acceptors (Lipinski definition) is 4. The molecule has 1 aromatic rings. The van der Waals surface area contributed by atoms with Crippen LogP contribution < -0.4 is 0 Å². The number of hydrogen-bond donors (Lipinski definition) is 0. The van der Waals surface area contributed by atoms with Crippen LogP contribution in [0.3, 0.4) is 0 Å². The average molecular weight is 212 g/mol. The van der Waals surface area contributed by atoms with Crippen molar-refractivity contribution in [3.63, 3.8) is 0 Å². The molecule has 1 rings (SSSR count). The highest BCUT2D eigenvalue weighted by atomic mass is 19.3. The fraction of sp³-hybridized carbons (Fsp3) is 0.222. The van der Waals surface area contributed by atoms with Crippen LogP contribution in [0.1, 0.15) is 28.2 Å². The van der Waals surface area contributed by atoms with Crippen LogP contribution in [0.2, 0.25) is 0 Å². The molecule has 0 aliphatic carbocycles. The Kier molecular flexibility index (Phi) is 3.29. The predicted octanol–water partition coefficient (Wildman–Crippen LogP) is 1.68. The Bertz CT molecular complexity index is 427. The number of alkyl halides is 2. The summed E-state index contributed by atoms with van der Waals surface area (Å²) in [5.74, 6) is -0.853. The third kappa shape index (κ3) is 2.47. The Morgan fingerprint density at radius 1 is 1.60 bits per heavy atom. The molecule has 0 N–H and O–H groups in total. The number of esters is 1. The molecule has 0 atom stereocenters. The van der Waals surface area contributed by atoms with Crippen molar-refractivity contribution in [3.8, 4) is 6.07 Å². The third-order valence-corrected chi connectivity index (χ3v) is 1.61. The summed E-state index contributed by atoms with van der Waals surface area (Å²) in [7, 11) is 1.10. The van der Waals surface area contributed by atoms with E-state index in [9.17, 15) is 13.6 Å². The van der Waals surface area contributed by atoms with Gasteiger partial charge in [-0.3, -0.25) is 0 Å². The summed E-state index contributed by atoms with van der Waals surface area (Å²) in [6, 6.07) is 3.42. The van der Waals surface area contributed by atoms with E-state index in [1.54, 1.807) is 6.07 Å². The summed E-state index contributed by atoms with van der Waals surface area (Å²) in [6.45, 7) is 0. The van der Waals surface area contributed by atoms with Crippen LogP contribution in [-0.4, -0.2) is 18.1 Å². The Morgan fingerprint density at radius 2 is 2.27 bits per heavy atom. The van der Waals surface area contributed by atoms with Crippen molar-refractivity contribution >= 4 is 5.97 Å². The van der Waals surface area contributed by atoms with Gasteiger partial charge in [0.2, 0.25) is 0 Å².